The van der Waals surface area contributed by atoms with Gasteiger partial charge in [-0.25, -0.2) is 0 Å². The number of rotatable bonds is 8. The minimum Gasteiger partial charge on any atom is -0.497 e. The van der Waals surface area contributed by atoms with E-state index in [1.807, 2.05) is 13.8 Å². The van der Waals surface area contributed by atoms with E-state index < -0.39 is 17.4 Å². The lowest BCUT2D eigenvalue weighted by atomic mass is 9.74. The smallest absolute Gasteiger partial charge is 0.311 e. The van der Waals surface area contributed by atoms with E-state index in [2.05, 4.69) is 10.6 Å². The first kappa shape index (κ1) is 21.7. The van der Waals surface area contributed by atoms with Gasteiger partial charge in [-0.1, -0.05) is 33.1 Å². The zero-order valence-electron chi connectivity index (χ0n) is 16.8. The molecule has 154 valence electrons. The Kier molecular flexibility index (Phi) is 7.43. The molecule has 1 atom stereocenters. The van der Waals surface area contributed by atoms with Crippen molar-refractivity contribution in [3.63, 3.8) is 0 Å². The van der Waals surface area contributed by atoms with Gasteiger partial charge < -0.3 is 20.5 Å². The monoisotopic (exact) mass is 390 g/mol. The maximum absolute atomic E-state index is 12.7. The van der Waals surface area contributed by atoms with Gasteiger partial charge in [0.2, 0.25) is 5.91 Å². The van der Waals surface area contributed by atoms with Crippen molar-refractivity contribution in [2.24, 2.45) is 11.3 Å². The highest BCUT2D eigenvalue weighted by molar-refractivity contribution is 5.97. The number of benzene rings is 1. The number of aliphatic carboxylic acids is 1. The summed E-state index contributed by atoms with van der Waals surface area (Å²) in [5.74, 6) is -1.09. The standard InChI is InChI=1S/C21H30N2O5/c1-14(2)17(23-18(24)15-7-9-16(28-3)10-8-15)19(25)22-13-21(20(26)27)11-5-4-6-12-21/h7-10,14,17H,4-6,11-13H2,1-3H3,(H,22,25)(H,23,24)(H,26,27). The van der Waals surface area contributed by atoms with Crippen LogP contribution in [-0.4, -0.2) is 42.6 Å². The molecule has 1 saturated carbocycles. The molecule has 1 aromatic carbocycles. The highest BCUT2D eigenvalue weighted by Gasteiger charge is 2.40. The van der Waals surface area contributed by atoms with Crippen LogP contribution in [0.4, 0.5) is 0 Å². The molecule has 0 heterocycles. The molecule has 7 heteroatoms. The van der Waals surface area contributed by atoms with Gasteiger partial charge in [0, 0.05) is 12.1 Å². The van der Waals surface area contributed by atoms with Crippen LogP contribution in [0.25, 0.3) is 0 Å². The molecule has 0 radical (unpaired) electrons. The van der Waals surface area contributed by atoms with Crippen molar-refractivity contribution in [3.05, 3.63) is 29.8 Å². The molecular formula is C21H30N2O5. The summed E-state index contributed by atoms with van der Waals surface area (Å²) in [5, 5.41) is 15.2. The fraction of sp³-hybridized carbons (Fsp3) is 0.571. The van der Waals surface area contributed by atoms with Crippen LogP contribution < -0.4 is 15.4 Å². The van der Waals surface area contributed by atoms with Crippen LogP contribution in [0, 0.1) is 11.3 Å². The van der Waals surface area contributed by atoms with E-state index in [0.29, 0.717) is 24.2 Å². The normalized spacial score (nSPS) is 16.9. The first-order valence-corrected chi connectivity index (χ1v) is 9.75. The number of carbonyl (C=O) groups excluding carboxylic acids is 2. The van der Waals surface area contributed by atoms with Gasteiger partial charge >= 0.3 is 5.97 Å². The summed E-state index contributed by atoms with van der Waals surface area (Å²) >= 11 is 0. The third-order valence-electron chi connectivity index (χ3n) is 5.45. The number of methoxy groups -OCH3 is 1. The zero-order valence-corrected chi connectivity index (χ0v) is 16.8. The quantitative estimate of drug-likeness (QED) is 0.633. The maximum Gasteiger partial charge on any atom is 0.311 e. The molecule has 0 aromatic heterocycles. The number of hydrogen-bond acceptors (Lipinski definition) is 4. The van der Waals surface area contributed by atoms with Gasteiger partial charge in [0.15, 0.2) is 0 Å². The van der Waals surface area contributed by atoms with E-state index in [4.69, 9.17) is 4.74 Å². The molecule has 1 unspecified atom stereocenters. The summed E-state index contributed by atoms with van der Waals surface area (Å²) in [6.07, 6.45) is 3.85. The van der Waals surface area contributed by atoms with Crippen molar-refractivity contribution in [1.29, 1.82) is 0 Å². The Hall–Kier alpha value is -2.57. The molecule has 1 aliphatic carbocycles. The van der Waals surface area contributed by atoms with Crippen LogP contribution >= 0.6 is 0 Å². The summed E-state index contributed by atoms with van der Waals surface area (Å²) in [5.41, 5.74) is -0.483. The fourth-order valence-electron chi connectivity index (χ4n) is 3.56. The summed E-state index contributed by atoms with van der Waals surface area (Å²) < 4.78 is 5.08. The first-order chi connectivity index (χ1) is 13.3. The summed E-state index contributed by atoms with van der Waals surface area (Å²) in [6, 6.07) is 5.87. The number of ether oxygens (including phenoxy) is 1. The summed E-state index contributed by atoms with van der Waals surface area (Å²) in [6.45, 7) is 3.76. The van der Waals surface area contributed by atoms with Crippen molar-refractivity contribution >= 4 is 17.8 Å². The molecule has 2 rings (SSSR count). The number of carbonyl (C=O) groups is 3. The molecule has 3 N–H and O–H groups in total. The Bertz CT molecular complexity index is 693. The lowest BCUT2D eigenvalue weighted by Gasteiger charge is -2.34. The van der Waals surface area contributed by atoms with E-state index in [1.54, 1.807) is 31.4 Å². The Morgan fingerprint density at radius 1 is 1.11 bits per heavy atom. The van der Waals surface area contributed by atoms with Crippen molar-refractivity contribution in [3.8, 4) is 5.75 Å². The molecule has 1 aromatic rings. The van der Waals surface area contributed by atoms with Crippen molar-refractivity contribution in [1.82, 2.24) is 10.6 Å². The highest BCUT2D eigenvalue weighted by atomic mass is 16.5. The van der Waals surface area contributed by atoms with Gasteiger partial charge in [0.05, 0.1) is 12.5 Å². The third kappa shape index (κ3) is 5.24. The number of carboxylic acid groups (broad SMARTS) is 1. The second-order valence-electron chi connectivity index (χ2n) is 7.79. The topological polar surface area (TPSA) is 105 Å². The second kappa shape index (κ2) is 9.57. The number of amides is 2. The number of carboxylic acids is 1. The fourth-order valence-corrected chi connectivity index (χ4v) is 3.56. The Labute approximate surface area is 165 Å². The van der Waals surface area contributed by atoms with E-state index in [1.165, 1.54) is 0 Å². The highest BCUT2D eigenvalue weighted by Crippen LogP contribution is 2.36. The lowest BCUT2D eigenvalue weighted by molar-refractivity contribution is -0.151. The Balaban J connectivity index is 2.02. The molecule has 0 bridgehead atoms. The molecular weight excluding hydrogens is 360 g/mol. The molecule has 0 aliphatic heterocycles. The van der Waals surface area contributed by atoms with Crippen LogP contribution in [0.3, 0.4) is 0 Å². The lowest BCUT2D eigenvalue weighted by Crippen LogP contribution is -2.53. The minimum atomic E-state index is -0.907. The van der Waals surface area contributed by atoms with Crippen molar-refractivity contribution in [2.75, 3.05) is 13.7 Å². The average Bonchev–Trinajstić information content (AvgIpc) is 2.70. The third-order valence-corrected chi connectivity index (χ3v) is 5.45. The van der Waals surface area contributed by atoms with Crippen LogP contribution in [0.2, 0.25) is 0 Å². The summed E-state index contributed by atoms with van der Waals surface area (Å²) in [7, 11) is 1.55. The second-order valence-corrected chi connectivity index (χ2v) is 7.79. The minimum absolute atomic E-state index is 0.0861. The van der Waals surface area contributed by atoms with Gasteiger partial charge in [-0.15, -0.1) is 0 Å². The number of hydrogen-bond donors (Lipinski definition) is 3. The van der Waals surface area contributed by atoms with Crippen molar-refractivity contribution < 1.29 is 24.2 Å². The van der Waals surface area contributed by atoms with E-state index in [-0.39, 0.29) is 24.3 Å². The molecule has 0 spiro atoms. The average molecular weight is 390 g/mol. The van der Waals surface area contributed by atoms with Gasteiger partial charge in [0.1, 0.15) is 11.8 Å². The van der Waals surface area contributed by atoms with Crippen molar-refractivity contribution in [2.45, 2.75) is 52.0 Å². The van der Waals surface area contributed by atoms with Crippen LogP contribution in [0.15, 0.2) is 24.3 Å². The zero-order chi connectivity index (χ0) is 20.7. The Morgan fingerprint density at radius 3 is 2.21 bits per heavy atom. The SMILES string of the molecule is COc1ccc(C(=O)NC(C(=O)NCC2(C(=O)O)CCCCC2)C(C)C)cc1. The van der Waals surface area contributed by atoms with Crippen LogP contribution in [0.5, 0.6) is 5.75 Å². The molecule has 2 amide bonds. The first-order valence-electron chi connectivity index (χ1n) is 9.75. The number of nitrogens with one attached hydrogen (secondary N) is 2. The largest absolute Gasteiger partial charge is 0.497 e. The predicted octanol–water partition coefficient (Wildman–Crippen LogP) is 2.60. The van der Waals surface area contributed by atoms with Crippen LogP contribution in [-0.2, 0) is 9.59 Å². The van der Waals surface area contributed by atoms with Gasteiger partial charge in [-0.05, 0) is 43.0 Å². The van der Waals surface area contributed by atoms with Gasteiger partial charge in [-0.3, -0.25) is 14.4 Å². The van der Waals surface area contributed by atoms with Gasteiger partial charge in [0.25, 0.3) is 5.91 Å². The van der Waals surface area contributed by atoms with Crippen LogP contribution in [0.1, 0.15) is 56.3 Å². The molecule has 1 fully saturated rings. The summed E-state index contributed by atoms with van der Waals surface area (Å²) in [4.78, 5) is 37.0. The van der Waals surface area contributed by atoms with E-state index >= 15 is 0 Å². The predicted molar refractivity (Wildman–Crippen MR) is 105 cm³/mol. The molecule has 28 heavy (non-hydrogen) atoms. The molecule has 7 nitrogen and oxygen atoms in total. The van der Waals surface area contributed by atoms with E-state index in [9.17, 15) is 19.5 Å². The Morgan fingerprint density at radius 2 is 1.71 bits per heavy atom. The molecule has 0 saturated heterocycles. The van der Waals surface area contributed by atoms with Gasteiger partial charge in [-0.2, -0.15) is 0 Å². The van der Waals surface area contributed by atoms with E-state index in [0.717, 1.165) is 19.3 Å². The molecule has 1 aliphatic rings. The maximum atomic E-state index is 12.7.